The molecule has 0 aliphatic heterocycles. The van der Waals surface area contributed by atoms with Crippen molar-refractivity contribution < 1.29 is 18.3 Å². The number of methoxy groups -OCH3 is 1. The summed E-state index contributed by atoms with van der Waals surface area (Å²) in [5.74, 6) is -2.90. The van der Waals surface area contributed by atoms with E-state index < -0.39 is 23.1 Å². The van der Waals surface area contributed by atoms with Gasteiger partial charge in [-0.05, 0) is 17.7 Å². The van der Waals surface area contributed by atoms with Crippen LogP contribution in [0.1, 0.15) is 15.9 Å². The van der Waals surface area contributed by atoms with Crippen LogP contribution >= 0.6 is 0 Å². The minimum absolute atomic E-state index is 0.0107. The van der Waals surface area contributed by atoms with Crippen molar-refractivity contribution in [3.63, 3.8) is 0 Å². The smallest absolute Gasteiger partial charge is 0.323 e. The monoisotopic (exact) mass is 333 g/mol. The van der Waals surface area contributed by atoms with E-state index in [4.69, 9.17) is 4.74 Å². The van der Waals surface area contributed by atoms with E-state index in [0.717, 1.165) is 12.1 Å². The van der Waals surface area contributed by atoms with Crippen LogP contribution in [-0.2, 0) is 6.54 Å². The minimum Gasteiger partial charge on any atom is -0.497 e. The molecule has 0 fully saturated rings. The quantitative estimate of drug-likeness (QED) is 0.683. The van der Waals surface area contributed by atoms with E-state index in [-0.39, 0.29) is 18.0 Å². The number of rotatable bonds is 4. The van der Waals surface area contributed by atoms with E-state index in [0.29, 0.717) is 16.6 Å². The molecular weight excluding hydrogens is 320 g/mol. The third-order valence-electron chi connectivity index (χ3n) is 3.51. The van der Waals surface area contributed by atoms with Gasteiger partial charge in [0.2, 0.25) is 0 Å². The summed E-state index contributed by atoms with van der Waals surface area (Å²) >= 11 is 0. The van der Waals surface area contributed by atoms with Crippen molar-refractivity contribution in [3.05, 3.63) is 63.6 Å². The van der Waals surface area contributed by atoms with Gasteiger partial charge in [-0.15, -0.1) is 0 Å². The predicted octanol–water partition coefficient (Wildman–Crippen LogP) is 2.07. The van der Waals surface area contributed by atoms with Crippen LogP contribution in [0.5, 0.6) is 5.75 Å². The molecule has 1 aromatic heterocycles. The highest BCUT2D eigenvalue weighted by Crippen LogP contribution is 2.20. The number of hydrogen-bond donors (Lipinski definition) is 3. The maximum atomic E-state index is 13.9. The van der Waals surface area contributed by atoms with Gasteiger partial charge in [-0.1, -0.05) is 6.07 Å². The number of amides is 1. The predicted molar refractivity (Wildman–Crippen MR) is 83.0 cm³/mol. The second kappa shape index (κ2) is 6.15. The van der Waals surface area contributed by atoms with Crippen LogP contribution in [0.25, 0.3) is 11.0 Å². The first-order valence-electron chi connectivity index (χ1n) is 7.00. The van der Waals surface area contributed by atoms with E-state index in [9.17, 15) is 18.4 Å². The number of imidazole rings is 1. The first kappa shape index (κ1) is 15.7. The van der Waals surface area contributed by atoms with E-state index in [1.54, 1.807) is 18.2 Å². The summed E-state index contributed by atoms with van der Waals surface area (Å²) < 4.78 is 32.5. The van der Waals surface area contributed by atoms with Crippen LogP contribution in [0.2, 0.25) is 0 Å². The summed E-state index contributed by atoms with van der Waals surface area (Å²) in [4.78, 5) is 28.4. The molecule has 0 unspecified atom stereocenters. The second-order valence-corrected chi connectivity index (χ2v) is 5.11. The fourth-order valence-corrected chi connectivity index (χ4v) is 2.35. The molecule has 3 rings (SSSR count). The van der Waals surface area contributed by atoms with Crippen LogP contribution < -0.4 is 15.7 Å². The van der Waals surface area contributed by atoms with E-state index in [2.05, 4.69) is 15.3 Å². The Labute approximate surface area is 134 Å². The number of fused-ring (bicyclic) bond motifs is 1. The Morgan fingerprint density at radius 1 is 1.12 bits per heavy atom. The van der Waals surface area contributed by atoms with Gasteiger partial charge in [0, 0.05) is 18.7 Å². The normalized spacial score (nSPS) is 10.8. The van der Waals surface area contributed by atoms with E-state index in [1.165, 1.54) is 7.11 Å². The van der Waals surface area contributed by atoms with Crippen LogP contribution in [0.15, 0.2) is 35.1 Å². The highest BCUT2D eigenvalue weighted by molar-refractivity contribution is 5.95. The molecule has 124 valence electrons. The number of halogens is 2. The molecule has 0 saturated carbocycles. The molecular formula is C16H13F2N3O3. The number of carbonyl (C=O) groups is 1. The molecule has 8 heteroatoms. The second-order valence-electron chi connectivity index (χ2n) is 5.11. The number of ether oxygens (including phenoxy) is 1. The third kappa shape index (κ3) is 2.98. The van der Waals surface area contributed by atoms with Crippen molar-refractivity contribution in [1.82, 2.24) is 15.3 Å². The van der Waals surface area contributed by atoms with Gasteiger partial charge in [0.15, 0.2) is 0 Å². The Hall–Kier alpha value is -3.16. The number of nitrogens with one attached hydrogen (secondary N) is 3. The summed E-state index contributed by atoms with van der Waals surface area (Å²) in [6.45, 7) is 0.0485. The van der Waals surface area contributed by atoms with Gasteiger partial charge in [0.25, 0.3) is 5.91 Å². The first-order chi connectivity index (χ1) is 11.5. The van der Waals surface area contributed by atoms with Gasteiger partial charge in [0.1, 0.15) is 22.9 Å². The lowest BCUT2D eigenvalue weighted by Gasteiger charge is -2.09. The molecule has 0 saturated heterocycles. The zero-order chi connectivity index (χ0) is 17.3. The highest BCUT2D eigenvalue weighted by atomic mass is 19.1. The number of aromatic nitrogens is 2. The molecule has 0 atom stereocenters. The molecule has 24 heavy (non-hydrogen) atoms. The van der Waals surface area contributed by atoms with E-state index >= 15 is 0 Å². The Morgan fingerprint density at radius 2 is 1.79 bits per heavy atom. The van der Waals surface area contributed by atoms with E-state index in [1.807, 2.05) is 0 Å². The third-order valence-corrected chi connectivity index (χ3v) is 3.51. The summed E-state index contributed by atoms with van der Waals surface area (Å²) in [5.41, 5.74) is 0.858. The number of carbonyl (C=O) groups excluding carboxylic acids is 1. The average Bonchev–Trinajstić information content (AvgIpc) is 2.91. The minimum atomic E-state index is -1.00. The Bertz CT molecular complexity index is 955. The number of hydrogen-bond acceptors (Lipinski definition) is 3. The van der Waals surface area contributed by atoms with Crippen molar-refractivity contribution in [2.24, 2.45) is 0 Å². The topological polar surface area (TPSA) is 87.0 Å². The maximum absolute atomic E-state index is 13.9. The molecule has 3 N–H and O–H groups in total. The highest BCUT2D eigenvalue weighted by Gasteiger charge is 2.19. The van der Waals surface area contributed by atoms with Crippen LogP contribution in [-0.4, -0.2) is 23.0 Å². The molecule has 0 bridgehead atoms. The lowest BCUT2D eigenvalue weighted by atomic mass is 10.1. The van der Waals surface area contributed by atoms with Gasteiger partial charge >= 0.3 is 5.69 Å². The lowest BCUT2D eigenvalue weighted by Crippen LogP contribution is -2.25. The van der Waals surface area contributed by atoms with Gasteiger partial charge in [-0.2, -0.15) is 0 Å². The average molecular weight is 333 g/mol. The Kier molecular flexibility index (Phi) is 4.03. The zero-order valence-corrected chi connectivity index (χ0v) is 12.6. The van der Waals surface area contributed by atoms with Crippen molar-refractivity contribution in [2.45, 2.75) is 6.54 Å². The molecule has 0 aliphatic carbocycles. The van der Waals surface area contributed by atoms with Crippen LogP contribution in [0.3, 0.4) is 0 Å². The molecule has 6 nitrogen and oxygen atoms in total. The number of benzene rings is 2. The van der Waals surface area contributed by atoms with Crippen LogP contribution in [0, 0.1) is 11.6 Å². The zero-order valence-electron chi connectivity index (χ0n) is 12.6. The molecule has 0 radical (unpaired) electrons. The number of aromatic amines is 2. The maximum Gasteiger partial charge on any atom is 0.323 e. The number of H-pyrrole nitrogens is 2. The van der Waals surface area contributed by atoms with Gasteiger partial charge in [-0.3, -0.25) is 4.79 Å². The molecule has 0 aliphatic rings. The molecule has 1 amide bonds. The summed E-state index contributed by atoms with van der Waals surface area (Å²) in [6.07, 6.45) is 0. The summed E-state index contributed by atoms with van der Waals surface area (Å²) in [6, 6.07) is 6.90. The Balaban J connectivity index is 1.78. The first-order valence-corrected chi connectivity index (χ1v) is 7.00. The molecule has 1 heterocycles. The summed E-state index contributed by atoms with van der Waals surface area (Å²) in [7, 11) is 1.27. The van der Waals surface area contributed by atoms with Gasteiger partial charge in [-0.25, -0.2) is 13.6 Å². The molecule has 2 aromatic carbocycles. The fourth-order valence-electron chi connectivity index (χ4n) is 2.35. The van der Waals surface area contributed by atoms with Crippen molar-refractivity contribution in [3.8, 4) is 5.75 Å². The fraction of sp³-hybridized carbons (Fsp3) is 0.125. The van der Waals surface area contributed by atoms with Crippen molar-refractivity contribution in [2.75, 3.05) is 7.11 Å². The van der Waals surface area contributed by atoms with Crippen molar-refractivity contribution >= 4 is 16.9 Å². The SMILES string of the molecule is COc1cc(F)c(C(=O)NCc2ccc3[nH]c(=O)[nH]c3c2)c(F)c1. The molecule has 0 spiro atoms. The van der Waals surface area contributed by atoms with Gasteiger partial charge in [0.05, 0.1) is 18.1 Å². The van der Waals surface area contributed by atoms with Gasteiger partial charge < -0.3 is 20.0 Å². The lowest BCUT2D eigenvalue weighted by molar-refractivity contribution is 0.0942. The van der Waals surface area contributed by atoms with Crippen molar-refractivity contribution in [1.29, 1.82) is 0 Å². The summed E-state index contributed by atoms with van der Waals surface area (Å²) in [5, 5.41) is 2.44. The standard InChI is InChI=1S/C16H13F2N3O3/c1-24-9-5-10(17)14(11(18)6-9)15(22)19-7-8-2-3-12-13(4-8)21-16(23)20-12/h2-6H,7H2,1H3,(H,19,22)(H2,20,21,23). The van der Waals surface area contributed by atoms with Crippen LogP contribution in [0.4, 0.5) is 8.78 Å². The largest absolute Gasteiger partial charge is 0.497 e. The molecule has 3 aromatic rings. The Morgan fingerprint density at radius 3 is 2.46 bits per heavy atom.